The van der Waals surface area contributed by atoms with Crippen molar-refractivity contribution in [2.24, 2.45) is 0 Å². The molecule has 86 valence electrons. The van der Waals surface area contributed by atoms with Crippen LogP contribution in [0.25, 0.3) is 11.5 Å². The molecule has 1 aliphatic rings. The fraction of sp³-hybridized carbons (Fsp3) is 0.273. The van der Waals surface area contributed by atoms with E-state index in [0.717, 1.165) is 28.5 Å². The molecular formula is C11H11N5S. The zero-order valence-electron chi connectivity index (χ0n) is 9.34. The van der Waals surface area contributed by atoms with E-state index in [4.69, 9.17) is 5.73 Å². The minimum atomic E-state index is 0.575. The van der Waals surface area contributed by atoms with Crippen molar-refractivity contribution in [2.45, 2.75) is 18.4 Å². The Labute approximate surface area is 103 Å². The van der Waals surface area contributed by atoms with Crippen molar-refractivity contribution in [3.8, 4) is 11.5 Å². The number of aromatic nitrogens is 4. The molecule has 3 heterocycles. The average Bonchev–Trinajstić information content (AvgIpc) is 2.77. The lowest BCUT2D eigenvalue weighted by atomic mass is 10.2. The lowest BCUT2D eigenvalue weighted by Crippen LogP contribution is -2.04. The van der Waals surface area contributed by atoms with Gasteiger partial charge in [-0.3, -0.25) is 0 Å². The standard InChI is InChI=1S/C11H11N5S/c1-6-13-3-2-8(14-6)11-15-9-5-17-4-7(9)10(12)16-11/h2-3H,4-5H2,1H3,(H2,12,15,16). The van der Waals surface area contributed by atoms with Crippen molar-refractivity contribution in [2.75, 3.05) is 5.73 Å². The number of aryl methyl sites for hydroxylation is 1. The van der Waals surface area contributed by atoms with Gasteiger partial charge in [0, 0.05) is 23.3 Å². The third-order valence-corrected chi connectivity index (χ3v) is 3.59. The molecule has 0 aromatic carbocycles. The van der Waals surface area contributed by atoms with Gasteiger partial charge in [-0.05, 0) is 13.0 Å². The van der Waals surface area contributed by atoms with Crippen LogP contribution in [0.2, 0.25) is 0 Å². The number of hydrogen-bond acceptors (Lipinski definition) is 6. The second-order valence-corrected chi connectivity index (χ2v) is 4.83. The van der Waals surface area contributed by atoms with Crippen LogP contribution in [0.5, 0.6) is 0 Å². The van der Waals surface area contributed by atoms with Gasteiger partial charge in [0.2, 0.25) is 0 Å². The zero-order valence-corrected chi connectivity index (χ0v) is 10.2. The van der Waals surface area contributed by atoms with Gasteiger partial charge in [0.25, 0.3) is 0 Å². The molecule has 2 aromatic heterocycles. The summed E-state index contributed by atoms with van der Waals surface area (Å²) in [4.78, 5) is 17.2. The predicted octanol–water partition coefficient (Wildman–Crippen LogP) is 1.57. The Hall–Kier alpha value is -1.69. The molecule has 6 heteroatoms. The van der Waals surface area contributed by atoms with E-state index < -0.39 is 0 Å². The summed E-state index contributed by atoms with van der Waals surface area (Å²) in [6.07, 6.45) is 1.71. The van der Waals surface area contributed by atoms with Crippen molar-refractivity contribution >= 4 is 17.6 Å². The maximum Gasteiger partial charge on any atom is 0.180 e. The van der Waals surface area contributed by atoms with Crippen LogP contribution in [0.4, 0.5) is 5.82 Å². The molecular weight excluding hydrogens is 234 g/mol. The molecule has 17 heavy (non-hydrogen) atoms. The van der Waals surface area contributed by atoms with Crippen LogP contribution in [0.15, 0.2) is 12.3 Å². The quantitative estimate of drug-likeness (QED) is 0.821. The third kappa shape index (κ3) is 1.84. The monoisotopic (exact) mass is 245 g/mol. The van der Waals surface area contributed by atoms with E-state index in [1.165, 1.54) is 0 Å². The highest BCUT2D eigenvalue weighted by Crippen LogP contribution is 2.32. The first-order chi connectivity index (χ1) is 8.24. The van der Waals surface area contributed by atoms with Gasteiger partial charge < -0.3 is 5.73 Å². The molecule has 5 nitrogen and oxygen atoms in total. The molecule has 2 aromatic rings. The number of nitrogen functional groups attached to an aromatic ring is 1. The molecule has 2 N–H and O–H groups in total. The van der Waals surface area contributed by atoms with Gasteiger partial charge >= 0.3 is 0 Å². The average molecular weight is 245 g/mol. The topological polar surface area (TPSA) is 77.6 Å². The molecule has 0 atom stereocenters. The number of rotatable bonds is 1. The van der Waals surface area contributed by atoms with E-state index in [9.17, 15) is 0 Å². The predicted molar refractivity (Wildman–Crippen MR) is 67.2 cm³/mol. The summed E-state index contributed by atoms with van der Waals surface area (Å²) in [5, 5.41) is 0. The second kappa shape index (κ2) is 3.96. The first-order valence-corrected chi connectivity index (χ1v) is 6.42. The van der Waals surface area contributed by atoms with Crippen LogP contribution >= 0.6 is 11.8 Å². The van der Waals surface area contributed by atoms with Gasteiger partial charge in [-0.15, -0.1) is 0 Å². The fourth-order valence-electron chi connectivity index (χ4n) is 1.77. The number of nitrogens with two attached hydrogens (primary N) is 1. The highest BCUT2D eigenvalue weighted by molar-refractivity contribution is 7.98. The van der Waals surface area contributed by atoms with Crippen LogP contribution in [0, 0.1) is 6.92 Å². The molecule has 0 fully saturated rings. The van der Waals surface area contributed by atoms with Gasteiger partial charge in [-0.2, -0.15) is 11.8 Å². The molecule has 1 aliphatic heterocycles. The largest absolute Gasteiger partial charge is 0.383 e. The Kier molecular flexibility index (Phi) is 2.44. The smallest absolute Gasteiger partial charge is 0.180 e. The molecule has 0 spiro atoms. The Bertz CT molecular complexity index is 584. The number of thioether (sulfide) groups is 1. The summed E-state index contributed by atoms with van der Waals surface area (Å²) in [6, 6.07) is 1.80. The zero-order chi connectivity index (χ0) is 11.8. The van der Waals surface area contributed by atoms with Gasteiger partial charge in [-0.1, -0.05) is 0 Å². The number of nitrogens with zero attached hydrogens (tertiary/aromatic N) is 4. The van der Waals surface area contributed by atoms with Crippen LogP contribution < -0.4 is 5.73 Å². The third-order valence-electron chi connectivity index (χ3n) is 2.62. The molecule has 0 unspecified atom stereocenters. The summed E-state index contributed by atoms with van der Waals surface area (Å²) in [6.45, 7) is 1.84. The summed E-state index contributed by atoms with van der Waals surface area (Å²) in [5.74, 6) is 3.68. The van der Waals surface area contributed by atoms with Crippen molar-refractivity contribution in [3.63, 3.8) is 0 Å². The summed E-state index contributed by atoms with van der Waals surface area (Å²) in [7, 11) is 0. The van der Waals surface area contributed by atoms with Crippen molar-refractivity contribution in [3.05, 3.63) is 29.3 Å². The summed E-state index contributed by atoms with van der Waals surface area (Å²) in [5.41, 5.74) is 8.78. The van der Waals surface area contributed by atoms with Crippen molar-refractivity contribution in [1.29, 1.82) is 0 Å². The molecule has 0 bridgehead atoms. The van der Waals surface area contributed by atoms with Crippen LogP contribution in [-0.2, 0) is 11.5 Å². The summed E-state index contributed by atoms with van der Waals surface area (Å²) >= 11 is 1.81. The molecule has 3 rings (SSSR count). The van der Waals surface area contributed by atoms with Crippen molar-refractivity contribution < 1.29 is 0 Å². The minimum Gasteiger partial charge on any atom is -0.383 e. The maximum absolute atomic E-state index is 5.94. The fourth-order valence-corrected chi connectivity index (χ4v) is 2.82. The van der Waals surface area contributed by atoms with Crippen molar-refractivity contribution in [1.82, 2.24) is 19.9 Å². The first kappa shape index (κ1) is 10.5. The van der Waals surface area contributed by atoms with E-state index in [0.29, 0.717) is 17.5 Å². The Morgan fingerprint density at radius 1 is 1.24 bits per heavy atom. The van der Waals surface area contributed by atoms with E-state index >= 15 is 0 Å². The number of fused-ring (bicyclic) bond motifs is 1. The summed E-state index contributed by atoms with van der Waals surface area (Å²) < 4.78 is 0. The van der Waals surface area contributed by atoms with Gasteiger partial charge in [0.15, 0.2) is 5.82 Å². The molecule has 0 amide bonds. The highest BCUT2D eigenvalue weighted by Gasteiger charge is 2.19. The molecule has 0 saturated heterocycles. The number of hydrogen-bond donors (Lipinski definition) is 1. The van der Waals surface area contributed by atoms with Gasteiger partial charge in [-0.25, -0.2) is 19.9 Å². The highest BCUT2D eigenvalue weighted by atomic mass is 32.2. The molecule has 0 radical (unpaired) electrons. The maximum atomic E-state index is 5.94. The second-order valence-electron chi connectivity index (χ2n) is 3.84. The van der Waals surface area contributed by atoms with Gasteiger partial charge in [0.1, 0.15) is 17.3 Å². The first-order valence-electron chi connectivity index (χ1n) is 5.27. The Balaban J connectivity index is 2.13. The minimum absolute atomic E-state index is 0.575. The van der Waals surface area contributed by atoms with Crippen LogP contribution in [0.1, 0.15) is 17.1 Å². The van der Waals surface area contributed by atoms with E-state index in [-0.39, 0.29) is 0 Å². The van der Waals surface area contributed by atoms with E-state index in [1.54, 1.807) is 12.3 Å². The SMILES string of the molecule is Cc1nccc(-c2nc(N)c3c(n2)CSC3)n1. The van der Waals surface area contributed by atoms with E-state index in [2.05, 4.69) is 19.9 Å². The lowest BCUT2D eigenvalue weighted by molar-refractivity contribution is 1.02. The normalized spacial score (nSPS) is 13.7. The van der Waals surface area contributed by atoms with Crippen LogP contribution in [-0.4, -0.2) is 19.9 Å². The van der Waals surface area contributed by atoms with Gasteiger partial charge in [0.05, 0.1) is 5.69 Å². The van der Waals surface area contributed by atoms with E-state index in [1.807, 2.05) is 18.7 Å². The number of anilines is 1. The Morgan fingerprint density at radius 2 is 2.12 bits per heavy atom. The van der Waals surface area contributed by atoms with Crippen LogP contribution in [0.3, 0.4) is 0 Å². The Morgan fingerprint density at radius 3 is 2.94 bits per heavy atom. The molecule has 0 saturated carbocycles. The molecule has 0 aliphatic carbocycles. The lowest BCUT2D eigenvalue weighted by Gasteiger charge is -2.05.